The molecule has 6 heterocycles. The molecule has 4 fully saturated rings. The molecule has 2 bridgehead atoms. The third-order valence-corrected chi connectivity index (χ3v) is 11.6. The number of pyridine rings is 1. The number of halogens is 3. The number of ether oxygens (including phenoxy) is 3. The molecule has 0 saturated carbocycles. The molecule has 8 rings (SSSR count). The number of benzene rings is 2. The van der Waals surface area contributed by atoms with Crippen LogP contribution in [0.1, 0.15) is 70.8 Å². The standard InChI is InChI=1S/C41H43F3N6O6/c1-4-8-32(52)55-33(6-3)56-40(53)50-25-10-11-26(50)21-48(20-25)38-30-18-45-36(29-16-27(51)15-23-9-12-31(43)28(5-2)34(23)29)35(44)37(30)46-39(47-38)54-22-41-13-7-14-49(41)19-24(42)17-41/h2,9,12,15-16,18,24-26,33,51H,4,6-8,10-11,13-14,17,19-22H2,1,3H3/t24-,25?,26?,33?,41+/m1/s1. The van der Waals surface area contributed by atoms with Gasteiger partial charge in [0.25, 0.3) is 0 Å². The van der Waals surface area contributed by atoms with E-state index in [1.54, 1.807) is 11.8 Å². The molecule has 2 aromatic heterocycles. The number of anilines is 1. The molecule has 5 atom stereocenters. The Morgan fingerprint density at radius 2 is 1.89 bits per heavy atom. The van der Waals surface area contributed by atoms with Crippen molar-refractivity contribution in [1.29, 1.82) is 0 Å². The van der Waals surface area contributed by atoms with Crippen molar-refractivity contribution in [3.05, 3.63) is 47.7 Å². The van der Waals surface area contributed by atoms with Crippen molar-refractivity contribution in [2.75, 3.05) is 37.7 Å². The molecule has 4 aliphatic heterocycles. The van der Waals surface area contributed by atoms with Gasteiger partial charge in [-0.05, 0) is 62.2 Å². The van der Waals surface area contributed by atoms with Crippen LogP contribution in [-0.2, 0) is 14.3 Å². The van der Waals surface area contributed by atoms with Crippen LogP contribution in [0.5, 0.6) is 11.8 Å². The van der Waals surface area contributed by atoms with Crippen LogP contribution in [0.25, 0.3) is 32.9 Å². The highest BCUT2D eigenvalue weighted by atomic mass is 19.1. The number of phenolic OH excluding ortho intramolecular Hbond substituents is 1. The number of hydrogen-bond acceptors (Lipinski definition) is 11. The van der Waals surface area contributed by atoms with E-state index in [1.165, 1.54) is 30.5 Å². The van der Waals surface area contributed by atoms with Gasteiger partial charge in [0.1, 0.15) is 41.4 Å². The van der Waals surface area contributed by atoms with E-state index in [0.29, 0.717) is 62.9 Å². The fraction of sp³-hybridized carbons (Fsp3) is 0.488. The summed E-state index contributed by atoms with van der Waals surface area (Å²) in [6, 6.07) is 4.62. The first-order valence-electron chi connectivity index (χ1n) is 19.3. The summed E-state index contributed by atoms with van der Waals surface area (Å²) in [4.78, 5) is 45.2. The number of piperazine rings is 1. The monoisotopic (exact) mass is 772 g/mol. The third-order valence-electron chi connectivity index (χ3n) is 11.6. The van der Waals surface area contributed by atoms with E-state index < -0.39 is 41.7 Å². The number of carbonyl (C=O) groups excluding carboxylic acids is 2. The molecule has 0 spiro atoms. The van der Waals surface area contributed by atoms with Gasteiger partial charge < -0.3 is 24.2 Å². The zero-order chi connectivity index (χ0) is 39.3. The first-order valence-corrected chi connectivity index (χ1v) is 19.3. The molecule has 0 radical (unpaired) electrons. The van der Waals surface area contributed by atoms with Crippen molar-refractivity contribution in [3.63, 3.8) is 0 Å². The number of phenols is 1. The smallest absolute Gasteiger partial charge is 0.413 e. The van der Waals surface area contributed by atoms with Gasteiger partial charge in [0.05, 0.1) is 28.6 Å². The Morgan fingerprint density at radius 1 is 1.11 bits per heavy atom. The SMILES string of the molecule is C#Cc1c(F)ccc2cc(O)cc(-c3ncc4c(N5CC6CCC(C5)N6C(=O)OC(CC)OC(=O)CCC)nc(OC[C@@]56CCCN5C[C@H](F)C6)nc4c3F)c12. The largest absolute Gasteiger partial charge is 0.508 e. The van der Waals surface area contributed by atoms with E-state index in [2.05, 4.69) is 20.8 Å². The summed E-state index contributed by atoms with van der Waals surface area (Å²) >= 11 is 0. The van der Waals surface area contributed by atoms with Gasteiger partial charge in [-0.2, -0.15) is 9.97 Å². The topological polar surface area (TPSA) is 130 Å². The molecule has 4 aliphatic rings. The zero-order valence-corrected chi connectivity index (χ0v) is 31.3. The highest BCUT2D eigenvalue weighted by molar-refractivity contribution is 6.03. The predicted octanol–water partition coefficient (Wildman–Crippen LogP) is 6.63. The Balaban J connectivity index is 1.17. The Kier molecular flexibility index (Phi) is 10.0. The second-order valence-corrected chi connectivity index (χ2v) is 15.2. The van der Waals surface area contributed by atoms with Crippen LogP contribution in [0.2, 0.25) is 0 Å². The zero-order valence-electron chi connectivity index (χ0n) is 31.3. The molecule has 1 amide bonds. The van der Waals surface area contributed by atoms with Gasteiger partial charge in [0, 0.05) is 56.0 Å². The minimum atomic E-state index is -1.01. The highest BCUT2D eigenvalue weighted by Gasteiger charge is 2.50. The summed E-state index contributed by atoms with van der Waals surface area (Å²) in [5.41, 5.74) is -0.904. The summed E-state index contributed by atoms with van der Waals surface area (Å²) in [6.45, 7) is 5.44. The van der Waals surface area contributed by atoms with Crippen molar-refractivity contribution in [3.8, 4) is 35.4 Å². The first-order chi connectivity index (χ1) is 27.0. The molecule has 15 heteroatoms. The number of amides is 1. The minimum Gasteiger partial charge on any atom is -0.508 e. The van der Waals surface area contributed by atoms with Gasteiger partial charge in [-0.3, -0.25) is 19.6 Å². The Hall–Kier alpha value is -5.36. The first kappa shape index (κ1) is 37.6. The normalized spacial score (nSPS) is 23.7. The van der Waals surface area contributed by atoms with Crippen LogP contribution in [0.3, 0.4) is 0 Å². The number of fused-ring (bicyclic) bond motifs is 5. The molecule has 4 aromatic rings. The van der Waals surface area contributed by atoms with Crippen LogP contribution in [0.4, 0.5) is 23.8 Å². The van der Waals surface area contributed by atoms with Gasteiger partial charge in [-0.1, -0.05) is 25.8 Å². The molecule has 2 aromatic carbocycles. The lowest BCUT2D eigenvalue weighted by Crippen LogP contribution is -2.56. The van der Waals surface area contributed by atoms with Crippen molar-refractivity contribution in [2.45, 2.75) is 95.3 Å². The number of hydrogen-bond donors (Lipinski definition) is 1. The van der Waals surface area contributed by atoms with Crippen molar-refractivity contribution in [2.24, 2.45) is 0 Å². The van der Waals surface area contributed by atoms with Gasteiger partial charge >= 0.3 is 18.1 Å². The molecule has 56 heavy (non-hydrogen) atoms. The molecular weight excluding hydrogens is 729 g/mol. The fourth-order valence-corrected chi connectivity index (χ4v) is 9.06. The number of carbonyl (C=O) groups is 2. The number of esters is 1. The quantitative estimate of drug-likeness (QED) is 0.106. The number of aromatic nitrogens is 3. The van der Waals surface area contributed by atoms with Crippen molar-refractivity contribution >= 4 is 39.6 Å². The van der Waals surface area contributed by atoms with Crippen LogP contribution < -0.4 is 9.64 Å². The minimum absolute atomic E-state index is 0.0749. The maximum Gasteiger partial charge on any atom is 0.413 e. The van der Waals surface area contributed by atoms with E-state index in [-0.39, 0.29) is 70.0 Å². The number of rotatable bonds is 10. The summed E-state index contributed by atoms with van der Waals surface area (Å²) < 4.78 is 64.0. The predicted molar refractivity (Wildman–Crippen MR) is 201 cm³/mol. The Bertz CT molecular complexity index is 2240. The molecule has 3 unspecified atom stereocenters. The highest BCUT2D eigenvalue weighted by Crippen LogP contribution is 2.43. The number of aromatic hydroxyl groups is 1. The summed E-state index contributed by atoms with van der Waals surface area (Å²) in [5.74, 6) is 0.503. The number of nitrogens with zero attached hydrogens (tertiary/aromatic N) is 6. The summed E-state index contributed by atoms with van der Waals surface area (Å²) in [5, 5.41) is 11.5. The van der Waals surface area contributed by atoms with Crippen molar-refractivity contribution in [1.82, 2.24) is 24.8 Å². The van der Waals surface area contributed by atoms with E-state index >= 15 is 4.39 Å². The second kappa shape index (κ2) is 14.9. The summed E-state index contributed by atoms with van der Waals surface area (Å²) in [6.07, 6.45) is 9.00. The second-order valence-electron chi connectivity index (χ2n) is 15.2. The van der Waals surface area contributed by atoms with Gasteiger partial charge in [0.15, 0.2) is 5.82 Å². The van der Waals surface area contributed by atoms with Crippen LogP contribution in [0.15, 0.2) is 30.5 Å². The van der Waals surface area contributed by atoms with Crippen molar-refractivity contribution < 1.29 is 42.1 Å². The lowest BCUT2D eigenvalue weighted by Gasteiger charge is -2.41. The molecule has 0 aliphatic carbocycles. The third kappa shape index (κ3) is 6.67. The summed E-state index contributed by atoms with van der Waals surface area (Å²) in [7, 11) is 0. The van der Waals surface area contributed by atoms with E-state index in [4.69, 9.17) is 25.6 Å². The van der Waals surface area contributed by atoms with E-state index in [1.807, 2.05) is 11.8 Å². The molecule has 4 saturated heterocycles. The van der Waals surface area contributed by atoms with Crippen LogP contribution in [0, 0.1) is 24.0 Å². The van der Waals surface area contributed by atoms with Crippen LogP contribution in [-0.4, -0.2) is 105 Å². The molecule has 294 valence electrons. The molecule has 1 N–H and O–H groups in total. The fourth-order valence-electron chi connectivity index (χ4n) is 9.06. The molecule has 12 nitrogen and oxygen atoms in total. The maximum absolute atomic E-state index is 17.1. The number of alkyl halides is 1. The average Bonchev–Trinajstić information content (AvgIpc) is 3.80. The van der Waals surface area contributed by atoms with Gasteiger partial charge in [-0.15, -0.1) is 6.42 Å². The average molecular weight is 773 g/mol. The maximum atomic E-state index is 17.1. The van der Waals surface area contributed by atoms with E-state index in [9.17, 15) is 23.5 Å². The van der Waals surface area contributed by atoms with Gasteiger partial charge in [-0.25, -0.2) is 18.0 Å². The lowest BCUT2D eigenvalue weighted by molar-refractivity contribution is -0.170. The van der Waals surface area contributed by atoms with Gasteiger partial charge in [0.2, 0.25) is 6.29 Å². The van der Waals surface area contributed by atoms with Crippen LogP contribution >= 0.6 is 0 Å². The Morgan fingerprint density at radius 3 is 2.62 bits per heavy atom. The number of terminal acetylenes is 1. The van der Waals surface area contributed by atoms with E-state index in [0.717, 1.165) is 19.4 Å². The lowest BCUT2D eigenvalue weighted by atomic mass is 9.95. The Labute approximate surface area is 321 Å². The molecular formula is C41H43F3N6O6.